The van der Waals surface area contributed by atoms with Gasteiger partial charge in [0.2, 0.25) is 0 Å². The second-order valence-corrected chi connectivity index (χ2v) is 5.10. The number of ketones is 1. The van der Waals surface area contributed by atoms with Crippen LogP contribution in [0.5, 0.6) is 5.75 Å². The van der Waals surface area contributed by atoms with Crippen molar-refractivity contribution in [1.82, 2.24) is 0 Å². The van der Waals surface area contributed by atoms with Crippen molar-refractivity contribution in [3.8, 4) is 5.75 Å². The molecule has 0 spiro atoms. The van der Waals surface area contributed by atoms with Crippen molar-refractivity contribution in [3.63, 3.8) is 0 Å². The van der Waals surface area contributed by atoms with Crippen LogP contribution in [0, 0.1) is 0 Å². The molecule has 0 aliphatic carbocycles. The maximum atomic E-state index is 12.2. The quantitative estimate of drug-likeness (QED) is 0.693. The number of halogens is 1. The third-order valence-corrected chi connectivity index (χ3v) is 3.37. The highest BCUT2D eigenvalue weighted by molar-refractivity contribution is 9.10. The molecular formula is C15H14BrNO2. The summed E-state index contributed by atoms with van der Waals surface area (Å²) < 4.78 is 6.10. The van der Waals surface area contributed by atoms with Gasteiger partial charge in [0, 0.05) is 22.1 Å². The van der Waals surface area contributed by atoms with E-state index in [-0.39, 0.29) is 5.78 Å². The second-order valence-electron chi connectivity index (χ2n) is 4.18. The van der Waals surface area contributed by atoms with Gasteiger partial charge in [-0.05, 0) is 35.9 Å². The molecule has 0 atom stereocenters. The van der Waals surface area contributed by atoms with Crippen molar-refractivity contribution in [3.05, 3.63) is 58.1 Å². The molecule has 0 fully saturated rings. The maximum absolute atomic E-state index is 12.2. The van der Waals surface area contributed by atoms with Crippen molar-refractivity contribution in [1.29, 1.82) is 0 Å². The van der Waals surface area contributed by atoms with Crippen molar-refractivity contribution < 1.29 is 9.53 Å². The van der Waals surface area contributed by atoms with Crippen LogP contribution in [0.4, 0.5) is 5.69 Å². The van der Waals surface area contributed by atoms with Gasteiger partial charge < -0.3 is 10.5 Å². The molecule has 0 aliphatic heterocycles. The molecule has 4 heteroatoms. The lowest BCUT2D eigenvalue weighted by Gasteiger charge is -2.07. The SMILES string of the molecule is COc1ccc(N)c(C(=O)Cc2ccc(Br)cc2)c1. The Kier molecular flexibility index (Phi) is 4.22. The van der Waals surface area contributed by atoms with E-state index in [1.807, 2.05) is 24.3 Å². The number of carbonyl (C=O) groups is 1. The summed E-state index contributed by atoms with van der Waals surface area (Å²) in [4.78, 5) is 12.2. The lowest BCUT2D eigenvalue weighted by atomic mass is 10.0. The monoisotopic (exact) mass is 319 g/mol. The van der Waals surface area contributed by atoms with Crippen LogP contribution in [0.15, 0.2) is 46.9 Å². The molecule has 0 bridgehead atoms. The summed E-state index contributed by atoms with van der Waals surface area (Å²) in [6, 6.07) is 12.8. The highest BCUT2D eigenvalue weighted by Crippen LogP contribution is 2.21. The number of anilines is 1. The predicted molar refractivity (Wildman–Crippen MR) is 79.6 cm³/mol. The largest absolute Gasteiger partial charge is 0.497 e. The first kappa shape index (κ1) is 13.6. The number of rotatable bonds is 4. The van der Waals surface area contributed by atoms with Gasteiger partial charge >= 0.3 is 0 Å². The topological polar surface area (TPSA) is 52.3 Å². The first-order chi connectivity index (χ1) is 9.10. The van der Waals surface area contributed by atoms with Gasteiger partial charge in [0.15, 0.2) is 5.78 Å². The van der Waals surface area contributed by atoms with E-state index in [0.29, 0.717) is 23.4 Å². The summed E-state index contributed by atoms with van der Waals surface area (Å²) in [5.41, 5.74) is 7.77. The number of carbonyl (C=O) groups excluding carboxylic acids is 1. The van der Waals surface area contributed by atoms with Gasteiger partial charge in [-0.25, -0.2) is 0 Å². The van der Waals surface area contributed by atoms with E-state index in [1.54, 1.807) is 25.3 Å². The number of hydrogen-bond acceptors (Lipinski definition) is 3. The number of methoxy groups -OCH3 is 1. The van der Waals surface area contributed by atoms with Gasteiger partial charge in [0.05, 0.1) is 7.11 Å². The van der Waals surface area contributed by atoms with Crippen LogP contribution in [0.25, 0.3) is 0 Å². The third-order valence-electron chi connectivity index (χ3n) is 2.84. The minimum absolute atomic E-state index is 0.0151. The van der Waals surface area contributed by atoms with Gasteiger partial charge in [-0.1, -0.05) is 28.1 Å². The fourth-order valence-electron chi connectivity index (χ4n) is 1.79. The molecule has 0 radical (unpaired) electrons. The minimum Gasteiger partial charge on any atom is -0.497 e. The lowest BCUT2D eigenvalue weighted by Crippen LogP contribution is -2.07. The number of ether oxygens (including phenoxy) is 1. The first-order valence-corrected chi connectivity index (χ1v) is 6.60. The van der Waals surface area contributed by atoms with Gasteiger partial charge in [-0.15, -0.1) is 0 Å². The van der Waals surface area contributed by atoms with Crippen molar-refractivity contribution in [2.75, 3.05) is 12.8 Å². The van der Waals surface area contributed by atoms with Gasteiger partial charge in [0.1, 0.15) is 5.75 Å². The Balaban J connectivity index is 2.22. The van der Waals surface area contributed by atoms with Crippen molar-refractivity contribution >= 4 is 27.4 Å². The predicted octanol–water partition coefficient (Wildman–Crippen LogP) is 3.47. The summed E-state index contributed by atoms with van der Waals surface area (Å²) in [5, 5.41) is 0. The number of nitrogen functional groups attached to an aromatic ring is 1. The fraction of sp³-hybridized carbons (Fsp3) is 0.133. The van der Waals surface area contributed by atoms with Crippen LogP contribution < -0.4 is 10.5 Å². The van der Waals surface area contributed by atoms with Crippen LogP contribution >= 0.6 is 15.9 Å². The van der Waals surface area contributed by atoms with E-state index in [9.17, 15) is 4.79 Å². The van der Waals surface area contributed by atoms with Crippen LogP contribution in [0.3, 0.4) is 0 Å². The van der Waals surface area contributed by atoms with Gasteiger partial charge in [-0.3, -0.25) is 4.79 Å². The van der Waals surface area contributed by atoms with Crippen molar-refractivity contribution in [2.24, 2.45) is 0 Å². The molecule has 98 valence electrons. The van der Waals surface area contributed by atoms with E-state index in [1.165, 1.54) is 0 Å². The Labute approximate surface area is 120 Å². The Morgan fingerprint density at radius 2 is 1.89 bits per heavy atom. The molecule has 2 rings (SSSR count). The highest BCUT2D eigenvalue weighted by atomic mass is 79.9. The summed E-state index contributed by atoms with van der Waals surface area (Å²) in [7, 11) is 1.56. The summed E-state index contributed by atoms with van der Waals surface area (Å²) in [6.07, 6.45) is 0.324. The molecule has 0 saturated heterocycles. The molecule has 0 aliphatic rings. The van der Waals surface area contributed by atoms with Gasteiger partial charge in [-0.2, -0.15) is 0 Å². The van der Waals surface area contributed by atoms with E-state index >= 15 is 0 Å². The lowest BCUT2D eigenvalue weighted by molar-refractivity contribution is 0.0993. The van der Waals surface area contributed by atoms with E-state index in [0.717, 1.165) is 10.0 Å². The Morgan fingerprint density at radius 3 is 2.53 bits per heavy atom. The Bertz CT molecular complexity index is 594. The average molecular weight is 320 g/mol. The summed E-state index contributed by atoms with van der Waals surface area (Å²) in [6.45, 7) is 0. The Hall–Kier alpha value is -1.81. The zero-order valence-electron chi connectivity index (χ0n) is 10.5. The average Bonchev–Trinajstić information content (AvgIpc) is 2.42. The summed E-state index contributed by atoms with van der Waals surface area (Å²) in [5.74, 6) is 0.618. The number of nitrogens with two attached hydrogens (primary N) is 1. The molecule has 2 aromatic rings. The smallest absolute Gasteiger partial charge is 0.169 e. The van der Waals surface area contributed by atoms with Crippen LogP contribution in [0.2, 0.25) is 0 Å². The molecule has 19 heavy (non-hydrogen) atoms. The molecule has 0 amide bonds. The zero-order chi connectivity index (χ0) is 13.8. The van der Waals surface area contributed by atoms with Crippen LogP contribution in [-0.4, -0.2) is 12.9 Å². The zero-order valence-corrected chi connectivity index (χ0v) is 12.1. The van der Waals surface area contributed by atoms with Gasteiger partial charge in [0.25, 0.3) is 0 Å². The fourth-order valence-corrected chi connectivity index (χ4v) is 2.05. The second kappa shape index (κ2) is 5.89. The number of Topliss-reactive ketones (excluding diaryl/α,β-unsaturated/α-hetero) is 1. The third kappa shape index (κ3) is 3.35. The molecule has 0 saturated carbocycles. The minimum atomic E-state index is -0.0151. The Morgan fingerprint density at radius 1 is 1.21 bits per heavy atom. The first-order valence-electron chi connectivity index (χ1n) is 5.81. The van der Waals surface area contributed by atoms with Crippen LogP contribution in [0.1, 0.15) is 15.9 Å². The standard InChI is InChI=1S/C15H14BrNO2/c1-19-12-6-7-14(17)13(9-12)15(18)8-10-2-4-11(16)5-3-10/h2-7,9H,8,17H2,1H3. The number of hydrogen-bond donors (Lipinski definition) is 1. The molecule has 3 nitrogen and oxygen atoms in total. The van der Waals surface area contributed by atoms with Crippen molar-refractivity contribution in [2.45, 2.75) is 6.42 Å². The maximum Gasteiger partial charge on any atom is 0.169 e. The summed E-state index contributed by atoms with van der Waals surface area (Å²) >= 11 is 3.37. The van der Waals surface area contributed by atoms with Crippen LogP contribution in [-0.2, 0) is 6.42 Å². The highest BCUT2D eigenvalue weighted by Gasteiger charge is 2.11. The van der Waals surface area contributed by atoms with E-state index in [4.69, 9.17) is 10.5 Å². The molecule has 2 aromatic carbocycles. The molecule has 2 N–H and O–H groups in total. The number of benzene rings is 2. The van der Waals surface area contributed by atoms with E-state index in [2.05, 4.69) is 15.9 Å². The van der Waals surface area contributed by atoms with E-state index < -0.39 is 0 Å². The molecular weight excluding hydrogens is 306 g/mol. The molecule has 0 heterocycles. The normalized spacial score (nSPS) is 10.2. The molecule has 0 unspecified atom stereocenters. The molecule has 0 aromatic heterocycles.